The number of nitrogens with one attached hydrogen (secondary N) is 1. The van der Waals surface area contributed by atoms with Crippen molar-refractivity contribution in [2.24, 2.45) is 5.73 Å². The zero-order valence-corrected chi connectivity index (χ0v) is 15.9. The van der Waals surface area contributed by atoms with Crippen molar-refractivity contribution in [3.63, 3.8) is 0 Å². The van der Waals surface area contributed by atoms with Crippen LogP contribution < -0.4 is 15.2 Å². The Balaban J connectivity index is 0.00000312. The lowest BCUT2D eigenvalue weighted by molar-refractivity contribution is -0.131. The van der Waals surface area contributed by atoms with Crippen molar-refractivity contribution in [3.8, 4) is 5.75 Å². The van der Waals surface area contributed by atoms with E-state index < -0.39 is 10.0 Å². The number of benzene rings is 1. The van der Waals surface area contributed by atoms with Crippen LogP contribution in [-0.4, -0.2) is 51.5 Å². The van der Waals surface area contributed by atoms with Gasteiger partial charge in [-0.3, -0.25) is 4.79 Å². The summed E-state index contributed by atoms with van der Waals surface area (Å²) < 4.78 is 32.2. The molecule has 1 aliphatic rings. The molecule has 1 heterocycles. The minimum absolute atomic E-state index is 0. The Morgan fingerprint density at radius 1 is 1.36 bits per heavy atom. The molecule has 0 aliphatic carbocycles. The maximum absolute atomic E-state index is 12.2. The molecule has 1 aromatic carbocycles. The highest BCUT2D eigenvalue weighted by atomic mass is 35.5. The van der Waals surface area contributed by atoms with Crippen LogP contribution in [0.3, 0.4) is 0 Å². The van der Waals surface area contributed by atoms with Crippen LogP contribution in [0, 0.1) is 0 Å². The van der Waals surface area contributed by atoms with Crippen LogP contribution in [0.4, 0.5) is 0 Å². The van der Waals surface area contributed by atoms with Gasteiger partial charge >= 0.3 is 0 Å². The van der Waals surface area contributed by atoms with Gasteiger partial charge in [0.25, 0.3) is 0 Å². The molecular weight excluding hydrogens is 366 g/mol. The van der Waals surface area contributed by atoms with E-state index in [-0.39, 0.29) is 42.2 Å². The van der Waals surface area contributed by atoms with Gasteiger partial charge in [-0.25, -0.2) is 13.1 Å². The average molecular weight is 392 g/mol. The number of rotatable bonds is 8. The van der Waals surface area contributed by atoms with Crippen LogP contribution in [0.2, 0.25) is 0 Å². The summed E-state index contributed by atoms with van der Waals surface area (Å²) in [7, 11) is -3.63. The van der Waals surface area contributed by atoms with Crippen molar-refractivity contribution >= 4 is 28.3 Å². The van der Waals surface area contributed by atoms with Gasteiger partial charge in [-0.15, -0.1) is 12.4 Å². The van der Waals surface area contributed by atoms with Gasteiger partial charge in [-0.2, -0.15) is 0 Å². The van der Waals surface area contributed by atoms with Crippen molar-refractivity contribution in [2.75, 3.05) is 26.2 Å². The average Bonchev–Trinajstić information content (AvgIpc) is 3.04. The van der Waals surface area contributed by atoms with Gasteiger partial charge in [-0.05, 0) is 44.0 Å². The molecule has 1 aliphatic heterocycles. The highest BCUT2D eigenvalue weighted by Crippen LogP contribution is 2.18. The monoisotopic (exact) mass is 391 g/mol. The molecule has 1 aromatic rings. The molecule has 3 N–H and O–H groups in total. The lowest BCUT2D eigenvalue weighted by Crippen LogP contribution is -2.41. The summed E-state index contributed by atoms with van der Waals surface area (Å²) in [6.45, 7) is 3.60. The van der Waals surface area contributed by atoms with E-state index in [9.17, 15) is 13.2 Å². The molecule has 7 nitrogen and oxygen atoms in total. The summed E-state index contributed by atoms with van der Waals surface area (Å²) in [5, 5.41) is 0. The summed E-state index contributed by atoms with van der Waals surface area (Å²) in [4.78, 5) is 14.1. The van der Waals surface area contributed by atoms with Crippen molar-refractivity contribution in [1.29, 1.82) is 0 Å². The number of halogens is 1. The molecule has 0 saturated carbocycles. The highest BCUT2D eigenvalue weighted by Gasteiger charge is 2.27. The third kappa shape index (κ3) is 5.85. The zero-order valence-electron chi connectivity index (χ0n) is 14.3. The third-order valence-corrected chi connectivity index (χ3v) is 5.52. The van der Waals surface area contributed by atoms with E-state index in [1.807, 2.05) is 6.92 Å². The molecule has 1 saturated heterocycles. The van der Waals surface area contributed by atoms with Crippen LogP contribution in [0.25, 0.3) is 0 Å². The fourth-order valence-corrected chi connectivity index (χ4v) is 3.84. The fourth-order valence-electron chi connectivity index (χ4n) is 2.81. The predicted octanol–water partition coefficient (Wildman–Crippen LogP) is 1.13. The molecule has 25 heavy (non-hydrogen) atoms. The van der Waals surface area contributed by atoms with Crippen LogP contribution in [0.15, 0.2) is 29.2 Å². The molecule has 9 heteroatoms. The highest BCUT2D eigenvalue weighted by molar-refractivity contribution is 7.89. The summed E-state index contributed by atoms with van der Waals surface area (Å²) in [6.07, 6.45) is 2.00. The van der Waals surface area contributed by atoms with Crippen molar-refractivity contribution in [3.05, 3.63) is 24.3 Å². The molecular formula is C16H26ClN3O4S. The van der Waals surface area contributed by atoms with Gasteiger partial charge in [0, 0.05) is 32.1 Å². The first-order valence-electron chi connectivity index (χ1n) is 8.20. The van der Waals surface area contributed by atoms with Crippen LogP contribution in [-0.2, 0) is 14.8 Å². The second kappa shape index (κ2) is 9.96. The lowest BCUT2D eigenvalue weighted by Gasteiger charge is -2.23. The topological polar surface area (TPSA) is 102 Å². The Labute approximate surface area is 155 Å². The predicted molar refractivity (Wildman–Crippen MR) is 98.5 cm³/mol. The minimum Gasteiger partial charge on any atom is -0.494 e. The van der Waals surface area contributed by atoms with Gasteiger partial charge in [0.1, 0.15) is 5.75 Å². The molecule has 0 bridgehead atoms. The second-order valence-corrected chi connectivity index (χ2v) is 7.44. The van der Waals surface area contributed by atoms with E-state index in [2.05, 4.69) is 4.72 Å². The molecule has 142 valence electrons. The Morgan fingerprint density at radius 3 is 2.64 bits per heavy atom. The smallest absolute Gasteiger partial charge is 0.240 e. The molecule has 0 aromatic heterocycles. The Kier molecular flexibility index (Phi) is 8.64. The molecule has 0 radical (unpaired) electrons. The molecule has 1 fully saturated rings. The first-order valence-corrected chi connectivity index (χ1v) is 9.68. The van der Waals surface area contributed by atoms with E-state index >= 15 is 0 Å². The molecule has 0 spiro atoms. The van der Waals surface area contributed by atoms with Crippen molar-refractivity contribution in [2.45, 2.75) is 37.1 Å². The van der Waals surface area contributed by atoms with E-state index in [1.54, 1.807) is 17.0 Å². The number of hydrogen-bond donors (Lipinski definition) is 2. The number of nitrogens with two attached hydrogens (primary N) is 1. The molecule has 1 atom stereocenters. The normalized spacial score (nSPS) is 17.2. The zero-order chi connectivity index (χ0) is 17.6. The maximum atomic E-state index is 12.2. The molecule has 2 rings (SSSR count). The maximum Gasteiger partial charge on any atom is 0.240 e. The standard InChI is InChI=1S/C16H25N3O4S.ClH/c1-2-23-14-5-7-15(8-6-14)24(21,22)18-10-9-16(20)19-11-3-4-13(19)12-17;/h5-8,13,18H,2-4,9-12,17H2,1H3;1H. The van der Waals surface area contributed by atoms with Gasteiger partial charge < -0.3 is 15.4 Å². The summed E-state index contributed by atoms with van der Waals surface area (Å²) in [5.74, 6) is 0.561. The van der Waals surface area contributed by atoms with Gasteiger partial charge in [0.05, 0.1) is 11.5 Å². The number of amides is 1. The second-order valence-electron chi connectivity index (χ2n) is 5.67. The summed E-state index contributed by atoms with van der Waals surface area (Å²) in [6, 6.07) is 6.28. The largest absolute Gasteiger partial charge is 0.494 e. The SMILES string of the molecule is CCOc1ccc(S(=O)(=O)NCCC(=O)N2CCCC2CN)cc1.Cl. The Hall–Kier alpha value is -1.35. The van der Waals surface area contributed by atoms with E-state index in [1.165, 1.54) is 12.1 Å². The van der Waals surface area contributed by atoms with Crippen LogP contribution >= 0.6 is 12.4 Å². The van der Waals surface area contributed by atoms with E-state index in [0.717, 1.165) is 12.8 Å². The number of hydrogen-bond acceptors (Lipinski definition) is 5. The Bertz CT molecular complexity index is 652. The minimum atomic E-state index is -3.63. The number of carbonyl (C=O) groups excluding carboxylic acids is 1. The number of likely N-dealkylation sites (tertiary alicyclic amines) is 1. The van der Waals surface area contributed by atoms with Crippen molar-refractivity contribution < 1.29 is 17.9 Å². The molecule has 1 amide bonds. The van der Waals surface area contributed by atoms with Crippen molar-refractivity contribution in [1.82, 2.24) is 9.62 Å². The fraction of sp³-hybridized carbons (Fsp3) is 0.562. The first-order chi connectivity index (χ1) is 11.5. The van der Waals surface area contributed by atoms with Gasteiger partial charge in [0.15, 0.2) is 0 Å². The number of sulfonamides is 1. The number of nitrogens with zero attached hydrogens (tertiary/aromatic N) is 1. The molecule has 1 unspecified atom stereocenters. The third-order valence-electron chi connectivity index (χ3n) is 4.05. The number of carbonyl (C=O) groups is 1. The van der Waals surface area contributed by atoms with E-state index in [0.29, 0.717) is 25.4 Å². The van der Waals surface area contributed by atoms with E-state index in [4.69, 9.17) is 10.5 Å². The van der Waals surface area contributed by atoms with Crippen LogP contribution in [0.1, 0.15) is 26.2 Å². The number of ether oxygens (including phenoxy) is 1. The van der Waals surface area contributed by atoms with Gasteiger partial charge in [-0.1, -0.05) is 0 Å². The summed E-state index contributed by atoms with van der Waals surface area (Å²) in [5.41, 5.74) is 5.65. The quantitative estimate of drug-likeness (QED) is 0.691. The van der Waals surface area contributed by atoms with Crippen LogP contribution in [0.5, 0.6) is 5.75 Å². The summed E-state index contributed by atoms with van der Waals surface area (Å²) >= 11 is 0. The lowest BCUT2D eigenvalue weighted by atomic mass is 10.2. The van der Waals surface area contributed by atoms with Gasteiger partial charge in [0.2, 0.25) is 15.9 Å². The first kappa shape index (κ1) is 21.7. The Morgan fingerprint density at radius 2 is 2.04 bits per heavy atom.